The van der Waals surface area contributed by atoms with Crippen LogP contribution in [0.25, 0.3) is 0 Å². The molecule has 0 amide bonds. The van der Waals surface area contributed by atoms with Crippen LogP contribution in [0.1, 0.15) is 10.4 Å². The van der Waals surface area contributed by atoms with Crippen molar-refractivity contribution in [3.63, 3.8) is 0 Å². The van der Waals surface area contributed by atoms with Gasteiger partial charge >= 0.3 is 0 Å². The predicted octanol–water partition coefficient (Wildman–Crippen LogP) is 1.71. The largest absolute Gasteiger partial charge is 0.293 e. The van der Waals surface area contributed by atoms with Crippen molar-refractivity contribution in [2.45, 2.75) is 0 Å². The zero-order valence-electron chi connectivity index (χ0n) is 7.83. The smallest absolute Gasteiger partial charge is 0.179 e. The van der Waals surface area contributed by atoms with Gasteiger partial charge in [-0.1, -0.05) is 11.6 Å². The molecule has 0 aromatic heterocycles. The van der Waals surface area contributed by atoms with Gasteiger partial charge in [-0.15, -0.1) is 0 Å². The zero-order valence-corrected chi connectivity index (χ0v) is 9.40. The predicted molar refractivity (Wildman–Crippen MR) is 55.5 cm³/mol. The monoisotopic (exact) mass is 250 g/mol. The number of Topliss-reactive ketones (excluding diaryl/α,β-unsaturated/α-hetero) is 1. The lowest BCUT2D eigenvalue weighted by Crippen LogP contribution is -2.15. The van der Waals surface area contributed by atoms with E-state index >= 15 is 0 Å². The molecule has 0 saturated carbocycles. The van der Waals surface area contributed by atoms with Gasteiger partial charge in [-0.2, -0.15) is 0 Å². The van der Waals surface area contributed by atoms with Gasteiger partial charge in [-0.05, 0) is 18.2 Å². The highest BCUT2D eigenvalue weighted by atomic mass is 35.5. The van der Waals surface area contributed by atoms with Crippen molar-refractivity contribution >= 4 is 27.2 Å². The molecule has 0 spiro atoms. The van der Waals surface area contributed by atoms with E-state index in [1.54, 1.807) is 0 Å². The van der Waals surface area contributed by atoms with Crippen LogP contribution in [0.2, 0.25) is 5.02 Å². The third-order valence-electron chi connectivity index (χ3n) is 1.62. The fourth-order valence-corrected chi connectivity index (χ4v) is 1.88. The van der Waals surface area contributed by atoms with Gasteiger partial charge in [-0.3, -0.25) is 4.79 Å². The molecule has 3 nitrogen and oxygen atoms in total. The highest BCUT2D eigenvalue weighted by Crippen LogP contribution is 2.18. The zero-order chi connectivity index (χ0) is 11.6. The molecule has 82 valence electrons. The Balaban J connectivity index is 3.06. The topological polar surface area (TPSA) is 51.2 Å². The van der Waals surface area contributed by atoms with Crippen LogP contribution < -0.4 is 0 Å². The minimum atomic E-state index is -3.43. The molecule has 0 bridgehead atoms. The van der Waals surface area contributed by atoms with E-state index in [1.165, 1.54) is 6.07 Å². The summed E-state index contributed by atoms with van der Waals surface area (Å²) in [5.74, 6) is -2.01. The van der Waals surface area contributed by atoms with Crippen molar-refractivity contribution in [1.29, 1.82) is 0 Å². The lowest BCUT2D eigenvalue weighted by molar-refractivity contribution is 0.102. The maximum Gasteiger partial charge on any atom is 0.179 e. The van der Waals surface area contributed by atoms with Crippen LogP contribution >= 0.6 is 11.6 Å². The second kappa shape index (κ2) is 4.28. The minimum absolute atomic E-state index is 0.0463. The number of rotatable bonds is 3. The van der Waals surface area contributed by atoms with Crippen molar-refractivity contribution in [3.8, 4) is 0 Å². The van der Waals surface area contributed by atoms with Crippen molar-refractivity contribution in [2.24, 2.45) is 0 Å². The maximum atomic E-state index is 12.8. The van der Waals surface area contributed by atoms with Crippen molar-refractivity contribution in [3.05, 3.63) is 34.6 Å². The Kier molecular flexibility index (Phi) is 3.46. The summed E-state index contributed by atoms with van der Waals surface area (Å²) in [4.78, 5) is 11.4. The van der Waals surface area contributed by atoms with Gasteiger partial charge in [0.15, 0.2) is 15.6 Å². The molecule has 0 aliphatic rings. The molecule has 6 heteroatoms. The summed E-state index contributed by atoms with van der Waals surface area (Å²) in [6, 6.07) is 3.24. The standard InChI is InChI=1S/C9H8ClFO3S/c1-15(13,14)5-9(12)7-4-6(11)2-3-8(7)10/h2-4H,5H2,1H3. The molecular weight excluding hydrogens is 243 g/mol. The van der Waals surface area contributed by atoms with Crippen LogP contribution in [-0.4, -0.2) is 26.2 Å². The molecule has 1 aromatic rings. The van der Waals surface area contributed by atoms with Crippen LogP contribution in [0, 0.1) is 5.82 Å². The van der Waals surface area contributed by atoms with E-state index in [1.807, 2.05) is 0 Å². The lowest BCUT2D eigenvalue weighted by atomic mass is 10.1. The van der Waals surface area contributed by atoms with Gasteiger partial charge in [0.05, 0.1) is 5.02 Å². The summed E-state index contributed by atoms with van der Waals surface area (Å²) in [7, 11) is -3.43. The number of benzene rings is 1. The molecule has 0 heterocycles. The van der Waals surface area contributed by atoms with Gasteiger partial charge in [0, 0.05) is 11.8 Å². The van der Waals surface area contributed by atoms with E-state index in [0.29, 0.717) is 0 Å². The number of hydrogen-bond acceptors (Lipinski definition) is 3. The minimum Gasteiger partial charge on any atom is -0.293 e. The first-order chi connectivity index (χ1) is 6.79. The number of sulfone groups is 1. The third-order valence-corrected chi connectivity index (χ3v) is 2.74. The van der Waals surface area contributed by atoms with E-state index in [9.17, 15) is 17.6 Å². The van der Waals surface area contributed by atoms with Gasteiger partial charge in [-0.25, -0.2) is 12.8 Å². The Hall–Kier alpha value is -0.940. The molecule has 0 atom stereocenters. The Morgan fingerprint density at radius 2 is 2.07 bits per heavy atom. The Morgan fingerprint density at radius 3 is 2.60 bits per heavy atom. The Bertz CT molecular complexity index is 496. The number of carbonyl (C=O) groups is 1. The molecule has 1 rings (SSSR count). The number of hydrogen-bond donors (Lipinski definition) is 0. The molecule has 0 aliphatic carbocycles. The molecular formula is C9H8ClFO3S. The van der Waals surface area contributed by atoms with Crippen molar-refractivity contribution < 1.29 is 17.6 Å². The van der Waals surface area contributed by atoms with Crippen LogP contribution in [0.4, 0.5) is 4.39 Å². The summed E-state index contributed by atoms with van der Waals surface area (Å²) < 4.78 is 34.5. The van der Waals surface area contributed by atoms with Crippen LogP contribution in [-0.2, 0) is 9.84 Å². The van der Waals surface area contributed by atoms with Crippen LogP contribution in [0.15, 0.2) is 18.2 Å². The highest BCUT2D eigenvalue weighted by Gasteiger charge is 2.16. The normalized spacial score (nSPS) is 11.4. The van der Waals surface area contributed by atoms with Gasteiger partial charge in [0.1, 0.15) is 11.6 Å². The number of halogens is 2. The van der Waals surface area contributed by atoms with E-state index in [4.69, 9.17) is 11.6 Å². The van der Waals surface area contributed by atoms with Crippen LogP contribution in [0.3, 0.4) is 0 Å². The summed E-state index contributed by atoms with van der Waals surface area (Å²) in [6.07, 6.45) is 0.929. The SMILES string of the molecule is CS(=O)(=O)CC(=O)c1cc(F)ccc1Cl. The number of ketones is 1. The molecule has 0 N–H and O–H groups in total. The summed E-state index contributed by atoms with van der Waals surface area (Å²) in [5.41, 5.74) is -0.109. The van der Waals surface area contributed by atoms with Crippen LogP contribution in [0.5, 0.6) is 0 Å². The summed E-state index contributed by atoms with van der Waals surface area (Å²) in [5, 5.41) is 0.0463. The second-order valence-electron chi connectivity index (χ2n) is 3.12. The van der Waals surface area contributed by atoms with Gasteiger partial charge in [0.25, 0.3) is 0 Å². The molecule has 0 fully saturated rings. The molecule has 0 saturated heterocycles. The van der Waals surface area contributed by atoms with E-state index in [0.717, 1.165) is 18.4 Å². The van der Waals surface area contributed by atoms with E-state index in [2.05, 4.69) is 0 Å². The second-order valence-corrected chi connectivity index (χ2v) is 5.66. The van der Waals surface area contributed by atoms with E-state index < -0.39 is 27.2 Å². The van der Waals surface area contributed by atoms with Crippen molar-refractivity contribution in [1.82, 2.24) is 0 Å². The summed E-state index contributed by atoms with van der Waals surface area (Å²) >= 11 is 5.64. The van der Waals surface area contributed by atoms with E-state index in [-0.39, 0.29) is 10.6 Å². The average Bonchev–Trinajstić information content (AvgIpc) is 2.06. The number of carbonyl (C=O) groups excluding carboxylic acids is 1. The molecule has 0 unspecified atom stereocenters. The third kappa shape index (κ3) is 3.60. The Labute approximate surface area is 91.8 Å². The Morgan fingerprint density at radius 1 is 1.47 bits per heavy atom. The molecule has 15 heavy (non-hydrogen) atoms. The first-order valence-corrected chi connectivity index (χ1v) is 6.39. The quantitative estimate of drug-likeness (QED) is 0.768. The molecule has 0 radical (unpaired) electrons. The van der Waals surface area contributed by atoms with Gasteiger partial charge < -0.3 is 0 Å². The summed E-state index contributed by atoms with van der Waals surface area (Å²) in [6.45, 7) is 0. The molecule has 1 aromatic carbocycles. The first kappa shape index (κ1) is 12.1. The lowest BCUT2D eigenvalue weighted by Gasteiger charge is -2.02. The maximum absolute atomic E-state index is 12.8. The fourth-order valence-electron chi connectivity index (χ4n) is 1.03. The average molecular weight is 251 g/mol. The molecule has 0 aliphatic heterocycles. The van der Waals surface area contributed by atoms with Gasteiger partial charge in [0.2, 0.25) is 0 Å². The first-order valence-electron chi connectivity index (χ1n) is 3.95. The highest BCUT2D eigenvalue weighted by molar-refractivity contribution is 7.91. The fraction of sp³-hybridized carbons (Fsp3) is 0.222. The van der Waals surface area contributed by atoms with Crippen molar-refractivity contribution in [2.75, 3.05) is 12.0 Å².